The number of carbonyl (C=O) groups is 1. The van der Waals surface area contributed by atoms with Crippen LogP contribution in [0.25, 0.3) is 0 Å². The highest BCUT2D eigenvalue weighted by Crippen LogP contribution is 2.66. The summed E-state index contributed by atoms with van der Waals surface area (Å²) in [6.45, 7) is 7.19. The smallest absolute Gasteiger partial charge is 0.222 e. The Hall–Kier alpha value is -0.930. The van der Waals surface area contributed by atoms with E-state index in [0.29, 0.717) is 42.0 Å². The van der Waals surface area contributed by atoms with E-state index in [1.54, 1.807) is 0 Å². The predicted molar refractivity (Wildman–Crippen MR) is 94.3 cm³/mol. The second kappa shape index (κ2) is 5.28. The van der Waals surface area contributed by atoms with Gasteiger partial charge in [0.05, 0.1) is 6.04 Å². The number of nitrogens with zero attached hydrogens (tertiary/aromatic N) is 2. The molecule has 0 N–H and O–H groups in total. The summed E-state index contributed by atoms with van der Waals surface area (Å²) in [5.41, 5.74) is 0.380. The van der Waals surface area contributed by atoms with E-state index in [1.807, 2.05) is 7.05 Å². The van der Waals surface area contributed by atoms with Gasteiger partial charge in [-0.15, -0.1) is 0 Å². The van der Waals surface area contributed by atoms with Gasteiger partial charge in [-0.25, -0.2) is 0 Å². The fraction of sp³-hybridized carbons (Fsp3) is 0.950. The van der Waals surface area contributed by atoms with Gasteiger partial charge >= 0.3 is 0 Å². The van der Waals surface area contributed by atoms with E-state index in [4.69, 9.17) is 0 Å². The fourth-order valence-corrected chi connectivity index (χ4v) is 7.61. The minimum atomic E-state index is 0.0248. The SMILES string of the molecule is CC1CC2N(C)C(=O)CC[C@]2(C)[C@@H]2CC[C@]3(C)C(N=O)CC[C@H]3[C@H]12. The lowest BCUT2D eigenvalue weighted by molar-refractivity contribution is -0.165. The summed E-state index contributed by atoms with van der Waals surface area (Å²) in [4.78, 5) is 25.7. The average Bonchev–Trinajstić information content (AvgIpc) is 2.90. The Morgan fingerprint density at radius 3 is 2.50 bits per heavy atom. The van der Waals surface area contributed by atoms with Crippen LogP contribution in [0, 0.1) is 39.4 Å². The molecule has 4 nitrogen and oxygen atoms in total. The van der Waals surface area contributed by atoms with E-state index in [2.05, 4.69) is 30.8 Å². The summed E-state index contributed by atoms with van der Waals surface area (Å²) in [5.74, 6) is 3.02. The molecule has 24 heavy (non-hydrogen) atoms. The summed E-state index contributed by atoms with van der Waals surface area (Å²) in [6, 6.07) is 0.428. The van der Waals surface area contributed by atoms with Crippen LogP contribution in [0.1, 0.15) is 65.7 Å². The Labute approximate surface area is 145 Å². The highest BCUT2D eigenvalue weighted by molar-refractivity contribution is 5.77. The molecule has 3 saturated carbocycles. The van der Waals surface area contributed by atoms with Gasteiger partial charge in [-0.05, 0) is 73.0 Å². The van der Waals surface area contributed by atoms with Gasteiger partial charge in [-0.1, -0.05) is 25.9 Å². The van der Waals surface area contributed by atoms with Crippen LogP contribution in [-0.4, -0.2) is 29.9 Å². The minimum absolute atomic E-state index is 0.0248. The van der Waals surface area contributed by atoms with Crippen LogP contribution in [0.15, 0.2) is 5.18 Å². The molecule has 0 spiro atoms. The number of hydrogen-bond donors (Lipinski definition) is 0. The highest BCUT2D eigenvalue weighted by Gasteiger charge is 2.63. The number of rotatable bonds is 1. The van der Waals surface area contributed by atoms with Gasteiger partial charge in [0.15, 0.2) is 0 Å². The van der Waals surface area contributed by atoms with Gasteiger partial charge in [0.1, 0.15) is 0 Å². The van der Waals surface area contributed by atoms with Crippen LogP contribution >= 0.6 is 0 Å². The average molecular weight is 332 g/mol. The van der Waals surface area contributed by atoms with E-state index in [0.717, 1.165) is 25.7 Å². The molecule has 4 aliphatic rings. The third-order valence-electron chi connectivity index (χ3n) is 9.01. The standard InChI is InChI=1S/C20H32N2O2/c1-12-11-16-20(3,10-8-17(23)22(16)4)14-7-9-19(2)13(18(12)14)5-6-15(19)21-24/h12-16,18H,5-11H2,1-4H3/t12?,13-,14+,15?,16?,18-,19-,20+/m0/s1. The van der Waals surface area contributed by atoms with Crippen LogP contribution in [0.5, 0.6) is 0 Å². The lowest BCUT2D eigenvalue weighted by Crippen LogP contribution is -2.63. The van der Waals surface area contributed by atoms with Gasteiger partial charge in [-0.2, -0.15) is 4.91 Å². The summed E-state index contributed by atoms with van der Waals surface area (Å²) in [7, 11) is 2.02. The third kappa shape index (κ3) is 1.94. The third-order valence-corrected chi connectivity index (χ3v) is 9.01. The zero-order chi connectivity index (χ0) is 17.3. The molecule has 1 aliphatic heterocycles. The van der Waals surface area contributed by atoms with Crippen molar-refractivity contribution in [3.05, 3.63) is 4.91 Å². The van der Waals surface area contributed by atoms with Crippen molar-refractivity contribution in [3.8, 4) is 0 Å². The summed E-state index contributed by atoms with van der Waals surface area (Å²) in [6.07, 6.45) is 7.40. The molecule has 0 bridgehead atoms. The number of piperidine rings is 1. The molecule has 134 valence electrons. The molecule has 1 amide bonds. The van der Waals surface area contributed by atoms with E-state index >= 15 is 0 Å². The molecule has 4 fully saturated rings. The predicted octanol–water partition coefficient (Wildman–Crippen LogP) is 4.23. The Kier molecular flexibility index (Phi) is 3.64. The Balaban J connectivity index is 1.70. The van der Waals surface area contributed by atoms with Crippen molar-refractivity contribution in [2.24, 2.45) is 39.7 Å². The molecule has 8 atom stereocenters. The molecular formula is C20H32N2O2. The van der Waals surface area contributed by atoms with E-state index < -0.39 is 0 Å². The molecule has 0 aromatic carbocycles. The lowest BCUT2D eigenvalue weighted by Gasteiger charge is -2.63. The first-order valence-corrected chi connectivity index (χ1v) is 9.91. The van der Waals surface area contributed by atoms with Crippen molar-refractivity contribution in [2.75, 3.05) is 7.05 Å². The van der Waals surface area contributed by atoms with Crippen LogP contribution in [-0.2, 0) is 4.79 Å². The molecule has 1 heterocycles. The largest absolute Gasteiger partial charge is 0.342 e. The molecule has 1 saturated heterocycles. The molecule has 0 aromatic heterocycles. The van der Waals surface area contributed by atoms with Gasteiger partial charge in [-0.3, -0.25) is 4.79 Å². The summed E-state index contributed by atoms with van der Waals surface area (Å²) < 4.78 is 0. The summed E-state index contributed by atoms with van der Waals surface area (Å²) in [5, 5.41) is 3.52. The molecular weight excluding hydrogens is 300 g/mol. The first-order chi connectivity index (χ1) is 11.3. The fourth-order valence-electron chi connectivity index (χ4n) is 7.61. The van der Waals surface area contributed by atoms with Crippen LogP contribution in [0.4, 0.5) is 0 Å². The number of fused-ring (bicyclic) bond motifs is 5. The van der Waals surface area contributed by atoms with Crippen molar-refractivity contribution < 1.29 is 4.79 Å². The van der Waals surface area contributed by atoms with Crippen LogP contribution in [0.2, 0.25) is 0 Å². The summed E-state index contributed by atoms with van der Waals surface area (Å²) >= 11 is 0. The minimum Gasteiger partial charge on any atom is -0.342 e. The zero-order valence-corrected chi connectivity index (χ0v) is 15.6. The van der Waals surface area contributed by atoms with Crippen molar-refractivity contribution >= 4 is 5.91 Å². The zero-order valence-electron chi connectivity index (χ0n) is 15.6. The van der Waals surface area contributed by atoms with Crippen molar-refractivity contribution in [2.45, 2.75) is 77.8 Å². The maximum Gasteiger partial charge on any atom is 0.222 e. The molecule has 3 unspecified atom stereocenters. The number of carbonyl (C=O) groups excluding carboxylic acids is 1. The molecule has 4 rings (SSSR count). The normalized spacial score (nSPS) is 54.0. The van der Waals surface area contributed by atoms with Crippen LogP contribution in [0.3, 0.4) is 0 Å². The number of likely N-dealkylation sites (tertiary alicyclic amines) is 1. The molecule has 4 heteroatoms. The van der Waals surface area contributed by atoms with Gasteiger partial charge in [0, 0.05) is 19.5 Å². The Morgan fingerprint density at radius 1 is 1.08 bits per heavy atom. The topological polar surface area (TPSA) is 49.7 Å². The van der Waals surface area contributed by atoms with E-state index in [-0.39, 0.29) is 16.9 Å². The maximum atomic E-state index is 12.3. The molecule has 0 radical (unpaired) electrons. The lowest BCUT2D eigenvalue weighted by atomic mass is 9.45. The van der Waals surface area contributed by atoms with Crippen molar-refractivity contribution in [1.29, 1.82) is 0 Å². The second-order valence-corrected chi connectivity index (χ2v) is 9.77. The first kappa shape index (κ1) is 16.5. The first-order valence-electron chi connectivity index (χ1n) is 9.91. The van der Waals surface area contributed by atoms with E-state index in [9.17, 15) is 9.70 Å². The monoisotopic (exact) mass is 332 g/mol. The second-order valence-electron chi connectivity index (χ2n) is 9.77. The maximum absolute atomic E-state index is 12.3. The number of amides is 1. The van der Waals surface area contributed by atoms with Crippen LogP contribution < -0.4 is 0 Å². The van der Waals surface area contributed by atoms with E-state index in [1.165, 1.54) is 12.8 Å². The van der Waals surface area contributed by atoms with Gasteiger partial charge in [0.25, 0.3) is 0 Å². The Bertz CT molecular complexity index is 564. The van der Waals surface area contributed by atoms with Gasteiger partial charge in [0.2, 0.25) is 5.91 Å². The highest BCUT2D eigenvalue weighted by atomic mass is 16.3. The molecule has 3 aliphatic carbocycles. The quantitative estimate of drug-likeness (QED) is 0.675. The number of nitroso groups, excluding NO2 is 1. The number of hydrogen-bond acceptors (Lipinski definition) is 3. The Morgan fingerprint density at radius 2 is 1.79 bits per heavy atom. The van der Waals surface area contributed by atoms with Crippen molar-refractivity contribution in [1.82, 2.24) is 4.90 Å². The molecule has 0 aromatic rings. The van der Waals surface area contributed by atoms with Crippen molar-refractivity contribution in [3.63, 3.8) is 0 Å². The van der Waals surface area contributed by atoms with Gasteiger partial charge < -0.3 is 4.90 Å².